The molecule has 1 heterocycles. The fourth-order valence-corrected chi connectivity index (χ4v) is 1.26. The van der Waals surface area contributed by atoms with Crippen LogP contribution in [0.5, 0.6) is 0 Å². The van der Waals surface area contributed by atoms with Gasteiger partial charge in [-0.25, -0.2) is 0 Å². The number of carbonyl (C=O) groups excluding carboxylic acids is 1. The van der Waals surface area contributed by atoms with E-state index in [4.69, 9.17) is 0 Å². The Morgan fingerprint density at radius 3 is 2.36 bits per heavy atom. The third kappa shape index (κ3) is 3.60. The number of hydrogen-bond donors (Lipinski definition) is 1. The number of amides is 1. The third-order valence-corrected chi connectivity index (χ3v) is 1.92. The van der Waals surface area contributed by atoms with Gasteiger partial charge in [0, 0.05) is 12.1 Å². The molecule has 1 aliphatic heterocycles. The van der Waals surface area contributed by atoms with Crippen LogP contribution in [0.15, 0.2) is 36.6 Å². The maximum atomic E-state index is 11.1. The Hall–Kier alpha value is -1.31. The van der Waals surface area contributed by atoms with Crippen LogP contribution in [-0.2, 0) is 4.79 Å². The van der Waals surface area contributed by atoms with Crippen LogP contribution in [0.3, 0.4) is 0 Å². The second-order valence-electron chi connectivity index (χ2n) is 2.75. The molecule has 2 heteroatoms. The van der Waals surface area contributed by atoms with E-state index in [0.29, 0.717) is 6.42 Å². The van der Waals surface area contributed by atoms with Gasteiger partial charge in [-0.1, -0.05) is 33.1 Å². The molecule has 0 aliphatic carbocycles. The van der Waals surface area contributed by atoms with Crippen molar-refractivity contribution in [3.05, 3.63) is 36.6 Å². The van der Waals surface area contributed by atoms with Gasteiger partial charge in [-0.05, 0) is 24.5 Å². The van der Waals surface area contributed by atoms with E-state index in [2.05, 4.69) is 18.5 Å². The average molecular weight is 193 g/mol. The summed E-state index contributed by atoms with van der Waals surface area (Å²) in [6, 6.07) is 0. The quantitative estimate of drug-likeness (QED) is 0.717. The van der Waals surface area contributed by atoms with Gasteiger partial charge in [0.2, 0.25) is 5.91 Å². The van der Waals surface area contributed by atoms with Crippen LogP contribution in [0.2, 0.25) is 0 Å². The van der Waals surface area contributed by atoms with E-state index in [1.54, 1.807) is 12.2 Å². The standard InChI is InChI=1S/C10H13NO.C2H6/c1-3-8-6-5-7-10(12)11-9(8)4-2;1-2/h3-4H,1-2,5-7H2,(H,11,12);1-2H3. The van der Waals surface area contributed by atoms with Crippen molar-refractivity contribution in [3.8, 4) is 0 Å². The van der Waals surface area contributed by atoms with Gasteiger partial charge in [0.25, 0.3) is 0 Å². The van der Waals surface area contributed by atoms with Crippen molar-refractivity contribution in [1.29, 1.82) is 0 Å². The Balaban J connectivity index is 0.000000791. The lowest BCUT2D eigenvalue weighted by Crippen LogP contribution is -2.20. The lowest BCUT2D eigenvalue weighted by molar-refractivity contribution is -0.120. The van der Waals surface area contributed by atoms with Gasteiger partial charge < -0.3 is 5.32 Å². The number of carbonyl (C=O) groups is 1. The fraction of sp³-hybridized carbons (Fsp3) is 0.417. The van der Waals surface area contributed by atoms with Crippen LogP contribution in [0.4, 0.5) is 0 Å². The molecule has 0 saturated heterocycles. The second-order valence-corrected chi connectivity index (χ2v) is 2.75. The molecule has 14 heavy (non-hydrogen) atoms. The largest absolute Gasteiger partial charge is 0.326 e. The molecule has 78 valence electrons. The zero-order valence-electron chi connectivity index (χ0n) is 9.10. The molecule has 0 radical (unpaired) electrons. The summed E-state index contributed by atoms with van der Waals surface area (Å²) < 4.78 is 0. The van der Waals surface area contributed by atoms with Gasteiger partial charge in [0.1, 0.15) is 0 Å². The van der Waals surface area contributed by atoms with Gasteiger partial charge >= 0.3 is 0 Å². The average Bonchev–Trinajstić information content (AvgIpc) is 2.42. The van der Waals surface area contributed by atoms with Crippen molar-refractivity contribution >= 4 is 5.91 Å². The number of allylic oxidation sites excluding steroid dienone is 3. The summed E-state index contributed by atoms with van der Waals surface area (Å²) >= 11 is 0. The Labute approximate surface area is 86.4 Å². The lowest BCUT2D eigenvalue weighted by atomic mass is 10.1. The molecule has 0 saturated carbocycles. The highest BCUT2D eigenvalue weighted by atomic mass is 16.1. The molecule has 0 bridgehead atoms. The summed E-state index contributed by atoms with van der Waals surface area (Å²) in [6.45, 7) is 11.3. The van der Waals surface area contributed by atoms with E-state index < -0.39 is 0 Å². The zero-order chi connectivity index (χ0) is 11.0. The minimum Gasteiger partial charge on any atom is -0.326 e. The predicted octanol–water partition coefficient (Wildman–Crippen LogP) is 2.94. The van der Waals surface area contributed by atoms with E-state index >= 15 is 0 Å². The van der Waals surface area contributed by atoms with Crippen LogP contribution in [0.1, 0.15) is 33.1 Å². The van der Waals surface area contributed by atoms with Crippen molar-refractivity contribution in [1.82, 2.24) is 5.32 Å². The molecule has 1 amide bonds. The van der Waals surface area contributed by atoms with Crippen molar-refractivity contribution in [2.45, 2.75) is 33.1 Å². The number of nitrogens with one attached hydrogen (secondary N) is 1. The first-order valence-electron chi connectivity index (χ1n) is 5.06. The minimum absolute atomic E-state index is 0.0711. The highest BCUT2D eigenvalue weighted by molar-refractivity contribution is 5.79. The Morgan fingerprint density at radius 1 is 1.21 bits per heavy atom. The summed E-state index contributed by atoms with van der Waals surface area (Å²) in [6.07, 6.45) is 5.84. The monoisotopic (exact) mass is 193 g/mol. The molecule has 1 aliphatic rings. The summed E-state index contributed by atoms with van der Waals surface area (Å²) in [4.78, 5) is 11.1. The van der Waals surface area contributed by atoms with Crippen molar-refractivity contribution < 1.29 is 4.79 Å². The molecular formula is C12H19NO. The van der Waals surface area contributed by atoms with Crippen molar-refractivity contribution in [2.24, 2.45) is 0 Å². The molecule has 0 aromatic carbocycles. The Bertz CT molecular complexity index is 251. The Morgan fingerprint density at radius 2 is 1.86 bits per heavy atom. The third-order valence-electron chi connectivity index (χ3n) is 1.92. The van der Waals surface area contributed by atoms with Gasteiger partial charge in [-0.15, -0.1) is 0 Å². The maximum Gasteiger partial charge on any atom is 0.224 e. The van der Waals surface area contributed by atoms with Crippen LogP contribution < -0.4 is 5.32 Å². The predicted molar refractivity (Wildman–Crippen MR) is 60.8 cm³/mol. The highest BCUT2D eigenvalue weighted by Crippen LogP contribution is 2.16. The first-order valence-corrected chi connectivity index (χ1v) is 5.06. The number of hydrogen-bond acceptors (Lipinski definition) is 1. The van der Waals surface area contributed by atoms with Crippen molar-refractivity contribution in [3.63, 3.8) is 0 Å². The van der Waals surface area contributed by atoms with Gasteiger partial charge in [0.05, 0.1) is 0 Å². The summed E-state index contributed by atoms with van der Waals surface area (Å²) in [7, 11) is 0. The van der Waals surface area contributed by atoms with E-state index in [0.717, 1.165) is 24.1 Å². The molecule has 2 nitrogen and oxygen atoms in total. The van der Waals surface area contributed by atoms with Gasteiger partial charge in [0.15, 0.2) is 0 Å². The zero-order valence-corrected chi connectivity index (χ0v) is 9.10. The highest BCUT2D eigenvalue weighted by Gasteiger charge is 2.10. The summed E-state index contributed by atoms with van der Waals surface area (Å²) in [5.74, 6) is 0.0711. The Kier molecular flexibility index (Phi) is 6.46. The summed E-state index contributed by atoms with van der Waals surface area (Å²) in [5.41, 5.74) is 1.89. The normalized spacial score (nSPS) is 16.0. The van der Waals surface area contributed by atoms with Crippen molar-refractivity contribution in [2.75, 3.05) is 0 Å². The summed E-state index contributed by atoms with van der Waals surface area (Å²) in [5, 5.41) is 2.78. The molecule has 0 fully saturated rings. The van der Waals surface area contributed by atoms with Gasteiger partial charge in [-0.3, -0.25) is 4.79 Å². The fourth-order valence-electron chi connectivity index (χ4n) is 1.26. The number of rotatable bonds is 2. The topological polar surface area (TPSA) is 29.1 Å². The van der Waals surface area contributed by atoms with Crippen LogP contribution in [0.25, 0.3) is 0 Å². The lowest BCUT2D eigenvalue weighted by Gasteiger charge is -2.04. The maximum absolute atomic E-state index is 11.1. The molecule has 1 rings (SSSR count). The molecule has 0 aromatic rings. The van der Waals surface area contributed by atoms with E-state index in [9.17, 15) is 4.79 Å². The van der Waals surface area contributed by atoms with Crippen LogP contribution >= 0.6 is 0 Å². The molecule has 0 aromatic heterocycles. The minimum atomic E-state index is 0.0711. The van der Waals surface area contributed by atoms with Gasteiger partial charge in [-0.2, -0.15) is 0 Å². The molecular weight excluding hydrogens is 174 g/mol. The van der Waals surface area contributed by atoms with E-state index in [1.807, 2.05) is 13.8 Å². The molecule has 0 unspecified atom stereocenters. The first kappa shape index (κ1) is 12.7. The van der Waals surface area contributed by atoms with E-state index in [1.165, 1.54) is 0 Å². The smallest absolute Gasteiger partial charge is 0.224 e. The SMILES string of the molecule is C=CC1=C(C=C)NC(=O)CCC1.CC. The second kappa shape index (κ2) is 7.13. The molecule has 0 atom stereocenters. The molecule has 1 N–H and O–H groups in total. The van der Waals surface area contributed by atoms with E-state index in [-0.39, 0.29) is 5.91 Å². The molecule has 0 spiro atoms. The van der Waals surface area contributed by atoms with Crippen LogP contribution in [0, 0.1) is 0 Å². The first-order chi connectivity index (χ1) is 6.77. The van der Waals surface area contributed by atoms with Crippen LogP contribution in [-0.4, -0.2) is 5.91 Å².